The highest BCUT2D eigenvalue weighted by molar-refractivity contribution is 7.99. The van der Waals surface area contributed by atoms with E-state index in [0.717, 1.165) is 21.0 Å². The number of para-hydroxylation sites is 1. The van der Waals surface area contributed by atoms with E-state index in [-0.39, 0.29) is 5.95 Å². The van der Waals surface area contributed by atoms with Crippen molar-refractivity contribution in [2.75, 3.05) is 5.73 Å². The SMILES string of the molecule is Nc1nc(Sc2cnccn2)c2ccccc2n1. The average Bonchev–Trinajstić information content (AvgIpc) is 2.40. The molecule has 1 aromatic carbocycles. The van der Waals surface area contributed by atoms with Gasteiger partial charge in [-0.1, -0.05) is 18.2 Å². The van der Waals surface area contributed by atoms with Crippen LogP contribution in [0.15, 0.2) is 52.9 Å². The molecule has 6 heteroatoms. The lowest BCUT2D eigenvalue weighted by atomic mass is 10.2. The largest absolute Gasteiger partial charge is 0.368 e. The molecule has 2 heterocycles. The second-order valence-corrected chi connectivity index (χ2v) is 4.56. The Balaban J connectivity index is 2.11. The van der Waals surface area contributed by atoms with Crippen LogP contribution in [0.5, 0.6) is 0 Å². The van der Waals surface area contributed by atoms with Gasteiger partial charge in [0.25, 0.3) is 0 Å². The highest BCUT2D eigenvalue weighted by atomic mass is 32.2. The summed E-state index contributed by atoms with van der Waals surface area (Å²) in [4.78, 5) is 16.7. The van der Waals surface area contributed by atoms with Crippen molar-refractivity contribution in [3.8, 4) is 0 Å². The number of hydrogen-bond donors (Lipinski definition) is 1. The maximum atomic E-state index is 5.71. The second kappa shape index (κ2) is 4.58. The van der Waals surface area contributed by atoms with Crippen LogP contribution in [0.3, 0.4) is 0 Å². The molecule has 0 aliphatic heterocycles. The predicted octanol–water partition coefficient (Wildman–Crippen LogP) is 2.15. The number of anilines is 1. The summed E-state index contributed by atoms with van der Waals surface area (Å²) in [5, 5.41) is 2.53. The minimum atomic E-state index is 0.264. The van der Waals surface area contributed by atoms with Crippen LogP contribution >= 0.6 is 11.8 Å². The minimum Gasteiger partial charge on any atom is -0.368 e. The molecule has 5 nitrogen and oxygen atoms in total. The van der Waals surface area contributed by atoms with Crippen molar-refractivity contribution >= 4 is 28.6 Å². The van der Waals surface area contributed by atoms with Gasteiger partial charge in [0.1, 0.15) is 10.1 Å². The molecule has 0 saturated carbocycles. The van der Waals surface area contributed by atoms with Crippen molar-refractivity contribution in [1.82, 2.24) is 19.9 Å². The Morgan fingerprint density at radius 3 is 2.78 bits per heavy atom. The molecule has 2 N–H and O–H groups in total. The third-order valence-electron chi connectivity index (χ3n) is 2.33. The molecule has 0 radical (unpaired) electrons. The van der Waals surface area contributed by atoms with Gasteiger partial charge in [0.15, 0.2) is 0 Å². The van der Waals surface area contributed by atoms with Gasteiger partial charge in [-0.3, -0.25) is 4.98 Å². The lowest BCUT2D eigenvalue weighted by Gasteiger charge is -2.05. The van der Waals surface area contributed by atoms with Crippen LogP contribution in [-0.2, 0) is 0 Å². The summed E-state index contributed by atoms with van der Waals surface area (Å²) in [6.07, 6.45) is 4.98. The molecule has 0 aliphatic carbocycles. The highest BCUT2D eigenvalue weighted by Gasteiger charge is 2.08. The van der Waals surface area contributed by atoms with Crippen LogP contribution in [0.4, 0.5) is 5.95 Å². The van der Waals surface area contributed by atoms with Gasteiger partial charge in [-0.25, -0.2) is 15.0 Å². The van der Waals surface area contributed by atoms with Crippen molar-refractivity contribution in [1.29, 1.82) is 0 Å². The van der Waals surface area contributed by atoms with Crippen LogP contribution in [0, 0.1) is 0 Å². The monoisotopic (exact) mass is 255 g/mol. The summed E-state index contributed by atoms with van der Waals surface area (Å²) < 4.78 is 0. The molecular weight excluding hydrogens is 246 g/mol. The molecule has 88 valence electrons. The summed E-state index contributed by atoms with van der Waals surface area (Å²) in [6, 6.07) is 7.75. The molecule has 0 amide bonds. The fourth-order valence-electron chi connectivity index (χ4n) is 1.58. The van der Waals surface area contributed by atoms with Gasteiger partial charge in [0.2, 0.25) is 5.95 Å². The zero-order valence-corrected chi connectivity index (χ0v) is 10.1. The normalized spacial score (nSPS) is 10.7. The van der Waals surface area contributed by atoms with E-state index in [1.165, 1.54) is 11.8 Å². The molecule has 0 fully saturated rings. The third-order valence-corrected chi connectivity index (χ3v) is 3.25. The smallest absolute Gasteiger partial charge is 0.221 e. The van der Waals surface area contributed by atoms with E-state index in [1.54, 1.807) is 18.6 Å². The van der Waals surface area contributed by atoms with Gasteiger partial charge in [-0.05, 0) is 17.8 Å². The van der Waals surface area contributed by atoms with E-state index in [2.05, 4.69) is 19.9 Å². The van der Waals surface area contributed by atoms with Crippen LogP contribution in [-0.4, -0.2) is 19.9 Å². The Bertz CT molecular complexity index is 686. The Hall–Kier alpha value is -2.21. The van der Waals surface area contributed by atoms with Crippen LogP contribution < -0.4 is 5.73 Å². The molecule has 3 rings (SSSR count). The van der Waals surface area contributed by atoms with Crippen LogP contribution in [0.1, 0.15) is 0 Å². The summed E-state index contributed by atoms with van der Waals surface area (Å²) in [7, 11) is 0. The van der Waals surface area contributed by atoms with E-state index < -0.39 is 0 Å². The first-order chi connectivity index (χ1) is 8.83. The van der Waals surface area contributed by atoms with E-state index in [0.29, 0.717) is 0 Å². The first-order valence-corrected chi connectivity index (χ1v) is 6.11. The topological polar surface area (TPSA) is 77.6 Å². The van der Waals surface area contributed by atoms with Gasteiger partial charge >= 0.3 is 0 Å². The maximum absolute atomic E-state index is 5.71. The minimum absolute atomic E-state index is 0.264. The number of aromatic nitrogens is 4. The lowest BCUT2D eigenvalue weighted by Crippen LogP contribution is -1.97. The molecule has 2 aromatic heterocycles. The van der Waals surface area contributed by atoms with Crippen molar-refractivity contribution < 1.29 is 0 Å². The molecule has 0 unspecified atom stereocenters. The fourth-order valence-corrected chi connectivity index (χ4v) is 2.43. The van der Waals surface area contributed by atoms with Crippen LogP contribution in [0.25, 0.3) is 10.9 Å². The van der Waals surface area contributed by atoms with Crippen molar-refractivity contribution in [3.63, 3.8) is 0 Å². The summed E-state index contributed by atoms with van der Waals surface area (Å²) in [6.45, 7) is 0. The second-order valence-electron chi connectivity index (χ2n) is 3.55. The molecule has 0 aliphatic rings. The highest BCUT2D eigenvalue weighted by Crippen LogP contribution is 2.30. The van der Waals surface area contributed by atoms with Crippen molar-refractivity contribution in [2.24, 2.45) is 0 Å². The Kier molecular flexibility index (Phi) is 2.77. The van der Waals surface area contributed by atoms with E-state index in [9.17, 15) is 0 Å². The number of hydrogen-bond acceptors (Lipinski definition) is 6. The number of nitrogens with zero attached hydrogens (tertiary/aromatic N) is 4. The quantitative estimate of drug-likeness (QED) is 0.707. The van der Waals surface area contributed by atoms with Crippen molar-refractivity contribution in [2.45, 2.75) is 10.1 Å². The van der Waals surface area contributed by atoms with Gasteiger partial charge in [-0.15, -0.1) is 0 Å². The average molecular weight is 255 g/mol. The number of fused-ring (bicyclic) bond motifs is 1. The van der Waals surface area contributed by atoms with Crippen molar-refractivity contribution in [3.05, 3.63) is 42.9 Å². The maximum Gasteiger partial charge on any atom is 0.221 e. The summed E-state index contributed by atoms with van der Waals surface area (Å²) in [5.74, 6) is 0.264. The fraction of sp³-hybridized carbons (Fsp3) is 0. The summed E-state index contributed by atoms with van der Waals surface area (Å²) >= 11 is 1.43. The number of nitrogen functional groups attached to an aromatic ring is 1. The number of benzene rings is 1. The van der Waals surface area contributed by atoms with E-state index >= 15 is 0 Å². The molecule has 0 spiro atoms. The van der Waals surface area contributed by atoms with E-state index in [4.69, 9.17) is 5.73 Å². The molecule has 3 aromatic rings. The van der Waals surface area contributed by atoms with Gasteiger partial charge in [0.05, 0.1) is 11.7 Å². The first-order valence-electron chi connectivity index (χ1n) is 5.29. The third kappa shape index (κ3) is 2.10. The predicted molar refractivity (Wildman–Crippen MR) is 70.1 cm³/mol. The molecule has 0 saturated heterocycles. The Morgan fingerprint density at radius 2 is 1.94 bits per heavy atom. The molecule has 0 bridgehead atoms. The van der Waals surface area contributed by atoms with Gasteiger partial charge in [0, 0.05) is 17.8 Å². The Labute approximate surface area is 108 Å². The first kappa shape index (κ1) is 10.9. The van der Waals surface area contributed by atoms with Gasteiger partial charge < -0.3 is 5.73 Å². The Morgan fingerprint density at radius 1 is 1.06 bits per heavy atom. The summed E-state index contributed by atoms with van der Waals surface area (Å²) in [5.41, 5.74) is 6.54. The molecule has 18 heavy (non-hydrogen) atoms. The van der Waals surface area contributed by atoms with Crippen LogP contribution in [0.2, 0.25) is 0 Å². The lowest BCUT2D eigenvalue weighted by molar-refractivity contribution is 1.04. The number of nitrogens with two attached hydrogens (primary N) is 1. The standard InChI is InChI=1S/C12H9N5S/c13-12-16-9-4-2-1-3-8(9)11(17-12)18-10-7-14-5-6-15-10/h1-7H,(H2,13,16,17). The van der Waals surface area contributed by atoms with Gasteiger partial charge in [-0.2, -0.15) is 0 Å². The number of rotatable bonds is 2. The molecule has 0 atom stereocenters. The van der Waals surface area contributed by atoms with E-state index in [1.807, 2.05) is 24.3 Å². The zero-order valence-electron chi connectivity index (χ0n) is 9.32. The molecular formula is C12H9N5S. The zero-order chi connectivity index (χ0) is 12.4.